The van der Waals surface area contributed by atoms with Crippen LogP contribution in [0.25, 0.3) is 0 Å². The highest BCUT2D eigenvalue weighted by molar-refractivity contribution is 5.79. The first-order chi connectivity index (χ1) is 12.7. The first-order valence-electron chi connectivity index (χ1n) is 9.52. The third kappa shape index (κ3) is 7.04. The fraction of sp³-hybridized carbons (Fsp3) is 0.600. The zero-order valence-electron chi connectivity index (χ0n) is 16.0. The molecule has 0 bridgehead atoms. The van der Waals surface area contributed by atoms with Gasteiger partial charge in [-0.25, -0.2) is 0 Å². The molecular weight excluding hydrogens is 328 g/mol. The highest BCUT2D eigenvalue weighted by Crippen LogP contribution is 2.19. The molecule has 0 spiro atoms. The third-order valence-electron chi connectivity index (χ3n) is 4.78. The van der Waals surface area contributed by atoms with Crippen LogP contribution in [0.1, 0.15) is 37.7 Å². The lowest BCUT2D eigenvalue weighted by Gasteiger charge is -2.25. The normalized spacial score (nSPS) is 17.9. The van der Waals surface area contributed by atoms with E-state index in [0.717, 1.165) is 45.0 Å². The van der Waals surface area contributed by atoms with Crippen LogP contribution in [0.15, 0.2) is 35.3 Å². The topological polar surface area (TPSA) is 66.0 Å². The molecule has 6 nitrogen and oxygen atoms in total. The van der Waals surface area contributed by atoms with Gasteiger partial charge in [-0.3, -0.25) is 14.7 Å². The minimum atomic E-state index is -0.146. The Kier molecular flexibility index (Phi) is 8.96. The zero-order chi connectivity index (χ0) is 18.6. The van der Waals surface area contributed by atoms with Gasteiger partial charge in [-0.15, -0.1) is 0 Å². The van der Waals surface area contributed by atoms with Crippen LogP contribution in [0, 0.1) is 0 Å². The van der Waals surface area contributed by atoms with E-state index in [4.69, 9.17) is 0 Å². The SMILES string of the molecule is CN=C(NCCCCC(=O)OC)NCC1CCCN1Cc1ccccc1. The summed E-state index contributed by atoms with van der Waals surface area (Å²) >= 11 is 0. The van der Waals surface area contributed by atoms with Crippen LogP contribution < -0.4 is 10.6 Å². The van der Waals surface area contributed by atoms with Crippen molar-refractivity contribution in [1.29, 1.82) is 0 Å². The van der Waals surface area contributed by atoms with Crippen LogP contribution in [-0.2, 0) is 16.1 Å². The number of likely N-dealkylation sites (tertiary alicyclic amines) is 1. The average Bonchev–Trinajstić information content (AvgIpc) is 3.11. The van der Waals surface area contributed by atoms with Crippen LogP contribution in [0.4, 0.5) is 0 Å². The monoisotopic (exact) mass is 360 g/mol. The molecule has 144 valence electrons. The van der Waals surface area contributed by atoms with Gasteiger partial charge < -0.3 is 15.4 Å². The molecule has 0 amide bonds. The number of hydrogen-bond donors (Lipinski definition) is 2. The standard InChI is InChI=1S/C20H32N4O2/c1-21-20(22-13-7-6-12-19(25)26-2)23-15-18-11-8-14-24(18)16-17-9-4-3-5-10-17/h3-5,9-10,18H,6-8,11-16H2,1-2H3,(H2,21,22,23). The van der Waals surface area contributed by atoms with Crippen molar-refractivity contribution in [2.45, 2.75) is 44.7 Å². The summed E-state index contributed by atoms with van der Waals surface area (Å²) in [4.78, 5) is 17.9. The molecular formula is C20H32N4O2. The molecule has 1 heterocycles. The molecule has 0 radical (unpaired) electrons. The number of nitrogens with one attached hydrogen (secondary N) is 2. The molecule has 2 N–H and O–H groups in total. The number of methoxy groups -OCH3 is 1. The van der Waals surface area contributed by atoms with Gasteiger partial charge in [0.25, 0.3) is 0 Å². The summed E-state index contributed by atoms with van der Waals surface area (Å²) in [6.45, 7) is 3.86. The van der Waals surface area contributed by atoms with E-state index in [1.54, 1.807) is 7.05 Å². The second kappa shape index (κ2) is 11.5. The molecule has 1 unspecified atom stereocenters. The first kappa shape index (κ1) is 20.2. The Balaban J connectivity index is 1.67. The lowest BCUT2D eigenvalue weighted by atomic mass is 10.2. The summed E-state index contributed by atoms with van der Waals surface area (Å²) < 4.78 is 4.65. The summed E-state index contributed by atoms with van der Waals surface area (Å²) in [5, 5.41) is 6.76. The van der Waals surface area contributed by atoms with E-state index in [1.807, 2.05) is 0 Å². The van der Waals surface area contributed by atoms with E-state index in [1.165, 1.54) is 25.5 Å². The molecule has 1 aliphatic heterocycles. The highest BCUT2D eigenvalue weighted by atomic mass is 16.5. The van der Waals surface area contributed by atoms with Gasteiger partial charge in [0.15, 0.2) is 5.96 Å². The van der Waals surface area contributed by atoms with E-state index >= 15 is 0 Å². The van der Waals surface area contributed by atoms with E-state index in [0.29, 0.717) is 12.5 Å². The highest BCUT2D eigenvalue weighted by Gasteiger charge is 2.24. The fourth-order valence-electron chi connectivity index (χ4n) is 3.29. The van der Waals surface area contributed by atoms with E-state index < -0.39 is 0 Å². The molecule has 1 aromatic rings. The van der Waals surface area contributed by atoms with Crippen LogP contribution in [0.5, 0.6) is 0 Å². The number of ether oxygens (including phenoxy) is 1. The van der Waals surface area contributed by atoms with Crippen molar-refractivity contribution in [3.05, 3.63) is 35.9 Å². The predicted octanol–water partition coefficient (Wildman–Crippen LogP) is 2.16. The van der Waals surface area contributed by atoms with E-state index in [2.05, 4.69) is 55.6 Å². The van der Waals surface area contributed by atoms with Crippen molar-refractivity contribution in [2.24, 2.45) is 4.99 Å². The van der Waals surface area contributed by atoms with Crippen LogP contribution in [0.2, 0.25) is 0 Å². The number of hydrogen-bond acceptors (Lipinski definition) is 4. The summed E-state index contributed by atoms with van der Waals surface area (Å²) in [5.74, 6) is 0.682. The summed E-state index contributed by atoms with van der Waals surface area (Å²) in [6, 6.07) is 11.2. The molecule has 0 aromatic heterocycles. The van der Waals surface area contributed by atoms with Gasteiger partial charge in [0, 0.05) is 39.1 Å². The maximum atomic E-state index is 11.1. The second-order valence-electron chi connectivity index (χ2n) is 6.67. The van der Waals surface area contributed by atoms with E-state index in [9.17, 15) is 4.79 Å². The number of nitrogens with zero attached hydrogens (tertiary/aromatic N) is 2. The van der Waals surface area contributed by atoms with Gasteiger partial charge in [0.05, 0.1) is 7.11 Å². The van der Waals surface area contributed by atoms with Crippen molar-refractivity contribution >= 4 is 11.9 Å². The first-order valence-corrected chi connectivity index (χ1v) is 9.52. The number of carbonyl (C=O) groups is 1. The Morgan fingerprint density at radius 3 is 2.81 bits per heavy atom. The minimum absolute atomic E-state index is 0.146. The molecule has 0 saturated carbocycles. The van der Waals surface area contributed by atoms with Gasteiger partial charge in [-0.1, -0.05) is 30.3 Å². The second-order valence-corrected chi connectivity index (χ2v) is 6.67. The van der Waals surface area contributed by atoms with E-state index in [-0.39, 0.29) is 5.97 Å². The lowest BCUT2D eigenvalue weighted by Crippen LogP contribution is -2.44. The predicted molar refractivity (Wildman–Crippen MR) is 105 cm³/mol. The van der Waals surface area contributed by atoms with Crippen molar-refractivity contribution < 1.29 is 9.53 Å². The lowest BCUT2D eigenvalue weighted by molar-refractivity contribution is -0.140. The summed E-state index contributed by atoms with van der Waals surface area (Å²) in [7, 11) is 3.22. The van der Waals surface area contributed by atoms with Crippen molar-refractivity contribution in [3.63, 3.8) is 0 Å². The molecule has 0 aliphatic carbocycles. The van der Waals surface area contributed by atoms with Gasteiger partial charge in [0.1, 0.15) is 0 Å². The number of unbranched alkanes of at least 4 members (excludes halogenated alkanes) is 1. The number of benzene rings is 1. The van der Waals surface area contributed by atoms with Crippen LogP contribution in [-0.4, -0.2) is 56.7 Å². The maximum Gasteiger partial charge on any atom is 0.305 e. The molecule has 1 atom stereocenters. The zero-order valence-corrected chi connectivity index (χ0v) is 16.0. The third-order valence-corrected chi connectivity index (χ3v) is 4.78. The Labute approximate surface area is 157 Å². The van der Waals surface area contributed by atoms with Gasteiger partial charge in [0.2, 0.25) is 0 Å². The quantitative estimate of drug-likeness (QED) is 0.306. The fourth-order valence-corrected chi connectivity index (χ4v) is 3.29. The molecule has 1 fully saturated rings. The van der Waals surface area contributed by atoms with Crippen LogP contribution >= 0.6 is 0 Å². The number of rotatable bonds is 9. The van der Waals surface area contributed by atoms with Crippen molar-refractivity contribution in [3.8, 4) is 0 Å². The van der Waals surface area contributed by atoms with Crippen LogP contribution in [0.3, 0.4) is 0 Å². The molecule has 26 heavy (non-hydrogen) atoms. The Morgan fingerprint density at radius 1 is 1.27 bits per heavy atom. The molecule has 1 aromatic carbocycles. The number of guanidine groups is 1. The van der Waals surface area contributed by atoms with Gasteiger partial charge in [-0.05, 0) is 37.8 Å². The Morgan fingerprint density at radius 2 is 2.08 bits per heavy atom. The Hall–Kier alpha value is -2.08. The molecule has 1 saturated heterocycles. The largest absolute Gasteiger partial charge is 0.469 e. The average molecular weight is 361 g/mol. The minimum Gasteiger partial charge on any atom is -0.469 e. The number of carbonyl (C=O) groups excluding carboxylic acids is 1. The molecule has 2 rings (SSSR count). The number of esters is 1. The summed E-state index contributed by atoms with van der Waals surface area (Å²) in [5.41, 5.74) is 1.37. The van der Waals surface area contributed by atoms with Crippen molar-refractivity contribution in [2.75, 3.05) is 33.8 Å². The summed E-state index contributed by atoms with van der Waals surface area (Å²) in [6.07, 6.45) is 4.68. The molecule has 6 heteroatoms. The van der Waals surface area contributed by atoms with Gasteiger partial charge >= 0.3 is 5.97 Å². The Bertz CT molecular complexity index is 562. The molecule has 1 aliphatic rings. The number of aliphatic imine (C=N–C) groups is 1. The van der Waals surface area contributed by atoms with Gasteiger partial charge in [-0.2, -0.15) is 0 Å². The van der Waals surface area contributed by atoms with Crippen molar-refractivity contribution in [1.82, 2.24) is 15.5 Å². The smallest absolute Gasteiger partial charge is 0.305 e. The maximum absolute atomic E-state index is 11.1.